The fourth-order valence-electron chi connectivity index (χ4n) is 21.0. The van der Waals surface area contributed by atoms with Crippen molar-refractivity contribution in [1.29, 1.82) is 0 Å². The first-order valence-electron chi connectivity index (χ1n) is 50.9. The molecule has 8 saturated heterocycles. The summed E-state index contributed by atoms with van der Waals surface area (Å²) in [6.07, 6.45) is 41.4. The summed E-state index contributed by atoms with van der Waals surface area (Å²) < 4.78 is 63.7. The van der Waals surface area contributed by atoms with Crippen LogP contribution in [0, 0.1) is 49.4 Å². The van der Waals surface area contributed by atoms with Crippen LogP contribution in [0.5, 0.6) is 0 Å². The number of piperidine rings is 4. The maximum Gasteiger partial charge on any atom is 0.411 e. The number of alkyl halides is 2. The molecule has 0 radical (unpaired) electrons. The summed E-state index contributed by atoms with van der Waals surface area (Å²) in [6.45, 7) is 8.53. The minimum atomic E-state index is -1.48. The molecule has 10 amide bonds. The molecule has 8 heterocycles. The highest BCUT2D eigenvalue weighted by Crippen LogP contribution is 2.47. The molecule has 0 unspecified atom stereocenters. The van der Waals surface area contributed by atoms with Crippen LogP contribution in [0.25, 0.3) is 0 Å². The quantitative estimate of drug-likeness (QED) is 0.0387. The second-order valence-corrected chi connectivity index (χ2v) is 39.7. The number of carbonyl (C=O) groups is 8. The van der Waals surface area contributed by atoms with E-state index in [0.29, 0.717) is 210 Å². The molecule has 0 aromatic heterocycles. The van der Waals surface area contributed by atoms with Gasteiger partial charge in [-0.15, -0.1) is 25.7 Å². The normalized spacial score (nSPS) is 21.0. The van der Waals surface area contributed by atoms with Crippen LogP contribution in [0.2, 0.25) is 0 Å². The van der Waals surface area contributed by atoms with Crippen molar-refractivity contribution in [3.8, 4) is 49.4 Å². The van der Waals surface area contributed by atoms with Crippen molar-refractivity contribution in [1.82, 2.24) is 30.2 Å². The molecule has 12 fully saturated rings. The first kappa shape index (κ1) is 100. The lowest BCUT2D eigenvalue weighted by molar-refractivity contribution is 0.0412. The standard InChI is InChI=1S/2C29H32FN3O3.2C29H32N2O4/c2*1-2-20-6-9-23(10-7-20)29(30)13-15-33(16-14-29)27(34)22-8-11-25(21-4-3-5-21)26(18-22)32-28(35)31-24-12-17-36-19-24;2*1-2-20-6-8-21(9-7-20)22-12-15-31(16-13-22)28(32)24-10-11-26(23-4-3-5-23)27(18-24)30-29(33)35-25-14-17-34-19-25/h2*1,6-11,18,21,24H,3-5,12-17,19H2,(H2,31,32,35);2*1,6-11,18,22-23,25H,3-5,12-17,19H2,(H,30,33)/t2*24-;2*25-/m1010/s1. The zero-order valence-electron chi connectivity index (χ0n) is 80.8. The molecule has 8 aromatic rings. The highest BCUT2D eigenvalue weighted by atomic mass is 19.1. The van der Waals surface area contributed by atoms with Crippen LogP contribution in [0.3, 0.4) is 0 Å². The molecule has 740 valence electrons. The Kier molecular flexibility index (Phi) is 33.2. The molecule has 20 rings (SSSR count). The Balaban J connectivity index is 0.000000130. The Labute approximate surface area is 831 Å². The van der Waals surface area contributed by atoms with Crippen LogP contribution in [-0.4, -0.2) is 197 Å². The van der Waals surface area contributed by atoms with Crippen molar-refractivity contribution in [2.45, 2.75) is 225 Å². The molecule has 4 aliphatic carbocycles. The van der Waals surface area contributed by atoms with Gasteiger partial charge in [0.15, 0.2) is 0 Å². The van der Waals surface area contributed by atoms with Crippen LogP contribution < -0.4 is 31.9 Å². The third-order valence-corrected chi connectivity index (χ3v) is 30.7. The van der Waals surface area contributed by atoms with Gasteiger partial charge in [-0.3, -0.25) is 29.8 Å². The van der Waals surface area contributed by atoms with Crippen LogP contribution in [0.15, 0.2) is 170 Å². The fraction of sp³-hybridized carbons (Fsp3) is 0.448. The summed E-state index contributed by atoms with van der Waals surface area (Å²) in [4.78, 5) is 111. The minimum Gasteiger partial charge on any atom is -0.443 e. The number of likely N-dealkylation sites (tertiary alicyclic amines) is 4. The van der Waals surface area contributed by atoms with E-state index in [1.807, 2.05) is 94.7 Å². The lowest BCUT2D eigenvalue weighted by Gasteiger charge is -2.37. The van der Waals surface area contributed by atoms with Gasteiger partial charge in [-0.05, 0) is 267 Å². The molecule has 6 N–H and O–H groups in total. The van der Waals surface area contributed by atoms with E-state index < -0.39 is 23.5 Å². The second kappa shape index (κ2) is 47.0. The second-order valence-electron chi connectivity index (χ2n) is 39.7. The number of halogens is 2. The molecule has 26 heteroatoms. The molecule has 8 aromatic carbocycles. The maximum absolute atomic E-state index is 15.7. The van der Waals surface area contributed by atoms with E-state index in [-0.39, 0.29) is 85.7 Å². The Morgan fingerprint density at radius 2 is 0.577 bits per heavy atom. The van der Waals surface area contributed by atoms with E-state index in [1.54, 1.807) is 70.5 Å². The molecule has 0 spiro atoms. The summed E-state index contributed by atoms with van der Waals surface area (Å²) in [6, 6.07) is 52.4. The van der Waals surface area contributed by atoms with Crippen molar-refractivity contribution < 1.29 is 75.6 Å². The number of carbonyl (C=O) groups excluding carboxylic acids is 8. The summed E-state index contributed by atoms with van der Waals surface area (Å²) in [5.74, 6) is 12.6. The summed E-state index contributed by atoms with van der Waals surface area (Å²) >= 11 is 0. The van der Waals surface area contributed by atoms with Gasteiger partial charge >= 0.3 is 24.2 Å². The topological polar surface area (TPSA) is 277 Å². The lowest BCUT2D eigenvalue weighted by atomic mass is 9.79. The average molecular weight is 1920 g/mol. The van der Waals surface area contributed by atoms with E-state index in [4.69, 9.17) is 54.1 Å². The van der Waals surface area contributed by atoms with Crippen molar-refractivity contribution in [2.75, 3.05) is 126 Å². The number of terminal acetylenes is 4. The number of amides is 10. The van der Waals surface area contributed by atoms with E-state index in [0.717, 1.165) is 134 Å². The van der Waals surface area contributed by atoms with Crippen LogP contribution in [0.1, 0.15) is 298 Å². The molecule has 12 aliphatic rings. The largest absolute Gasteiger partial charge is 0.443 e. The number of urea groups is 2. The third kappa shape index (κ3) is 25.0. The van der Waals surface area contributed by atoms with E-state index in [2.05, 4.69) is 79.8 Å². The van der Waals surface area contributed by atoms with Gasteiger partial charge in [0.1, 0.15) is 23.5 Å². The van der Waals surface area contributed by atoms with Gasteiger partial charge in [-0.25, -0.2) is 28.0 Å². The van der Waals surface area contributed by atoms with Gasteiger partial charge in [0.05, 0.1) is 51.7 Å². The number of benzene rings is 8. The summed E-state index contributed by atoms with van der Waals surface area (Å²) in [5.41, 5.74) is 13.2. The molecule has 0 bridgehead atoms. The molecular formula is C116H128F2N10O14. The Hall–Kier alpha value is -13.3. The number of anilines is 4. The zero-order valence-corrected chi connectivity index (χ0v) is 80.8. The lowest BCUT2D eigenvalue weighted by Crippen LogP contribution is -2.43. The van der Waals surface area contributed by atoms with Gasteiger partial charge in [0.2, 0.25) is 0 Å². The minimum absolute atomic E-state index is 0.000873. The van der Waals surface area contributed by atoms with Crippen molar-refractivity contribution >= 4 is 70.6 Å². The molecule has 4 saturated carbocycles. The number of hydrogen-bond acceptors (Lipinski definition) is 14. The SMILES string of the molecule is C#Cc1ccc(C2(F)CCN(C(=O)c3ccc(C4CCC4)c(NC(=O)N[C@@H]4CCOC4)c3)CC2)cc1.C#Cc1ccc(C2(F)CCN(C(=O)c3ccc(C4CCC4)c(NC(=O)N[C@H]4CCOC4)c3)CC2)cc1.C#Cc1ccc(C2CCN(C(=O)c3ccc(C4CCC4)c(NC(=O)O[C@@H]4CCOC4)c3)CC2)cc1.C#Cc1ccc(C2CCN(C(=O)c3ccc(C4CCC4)c(NC(=O)O[C@H]4CCOC4)c3)CC2)cc1. The van der Waals surface area contributed by atoms with Gasteiger partial charge in [-0.1, -0.05) is 122 Å². The first-order chi connectivity index (χ1) is 69.1. The van der Waals surface area contributed by atoms with Crippen LogP contribution >= 0.6 is 0 Å². The van der Waals surface area contributed by atoms with Crippen molar-refractivity contribution in [3.63, 3.8) is 0 Å². The number of nitrogens with one attached hydrogen (secondary N) is 6. The first-order valence-corrected chi connectivity index (χ1v) is 50.9. The number of ether oxygens (including phenoxy) is 6. The summed E-state index contributed by atoms with van der Waals surface area (Å²) in [7, 11) is 0. The fourth-order valence-corrected chi connectivity index (χ4v) is 21.0. The third-order valence-electron chi connectivity index (χ3n) is 30.7. The number of hydrogen-bond donors (Lipinski definition) is 6. The zero-order chi connectivity index (χ0) is 98.6. The molecule has 24 nitrogen and oxygen atoms in total. The molecule has 4 atom stereocenters. The van der Waals surface area contributed by atoms with E-state index in [9.17, 15) is 38.4 Å². The van der Waals surface area contributed by atoms with E-state index >= 15 is 8.78 Å². The Bertz CT molecular complexity index is 5610. The highest BCUT2D eigenvalue weighted by Gasteiger charge is 2.42. The van der Waals surface area contributed by atoms with Crippen molar-refractivity contribution in [2.24, 2.45) is 0 Å². The number of nitrogens with zero attached hydrogens (tertiary/aromatic N) is 4. The number of rotatable bonds is 20. The van der Waals surface area contributed by atoms with Gasteiger partial charge in [0.25, 0.3) is 23.6 Å². The molecule has 142 heavy (non-hydrogen) atoms. The van der Waals surface area contributed by atoms with Gasteiger partial charge < -0.3 is 69.3 Å². The van der Waals surface area contributed by atoms with Crippen molar-refractivity contribution in [3.05, 3.63) is 259 Å². The maximum atomic E-state index is 15.7. The monoisotopic (exact) mass is 1920 g/mol. The smallest absolute Gasteiger partial charge is 0.411 e. The van der Waals surface area contributed by atoms with Gasteiger partial charge in [-0.2, -0.15) is 0 Å². The molecule has 8 aliphatic heterocycles. The van der Waals surface area contributed by atoms with E-state index in [1.165, 1.54) is 36.8 Å². The van der Waals surface area contributed by atoms with Gasteiger partial charge in [0, 0.05) is 171 Å². The Morgan fingerprint density at radius 1 is 0.310 bits per heavy atom. The average Bonchev–Trinajstić information content (AvgIpc) is 0.913. The summed E-state index contributed by atoms with van der Waals surface area (Å²) in [5, 5.41) is 17.7. The highest BCUT2D eigenvalue weighted by molar-refractivity contribution is 6.01. The predicted molar refractivity (Wildman–Crippen MR) is 543 cm³/mol. The van der Waals surface area contributed by atoms with Crippen LogP contribution in [-0.2, 0) is 39.8 Å². The predicted octanol–water partition coefficient (Wildman–Crippen LogP) is 20.5. The molecular weight excluding hydrogens is 1800 g/mol. The Morgan fingerprint density at radius 3 is 0.831 bits per heavy atom. The van der Waals surface area contributed by atoms with Crippen LogP contribution in [0.4, 0.5) is 50.7 Å².